The van der Waals surface area contributed by atoms with Gasteiger partial charge in [0.25, 0.3) is 5.69 Å². The van der Waals surface area contributed by atoms with Crippen molar-refractivity contribution in [2.75, 3.05) is 5.73 Å². The summed E-state index contributed by atoms with van der Waals surface area (Å²) in [4.78, 5) is 11.6. The van der Waals surface area contributed by atoms with Crippen LogP contribution in [-0.2, 0) is 0 Å². The van der Waals surface area contributed by atoms with Gasteiger partial charge in [0, 0.05) is 15.9 Å². The third-order valence-electron chi connectivity index (χ3n) is 2.87. The van der Waals surface area contributed by atoms with Crippen LogP contribution in [-0.4, -0.2) is 14.7 Å². The summed E-state index contributed by atoms with van der Waals surface area (Å²) in [5.74, 6) is 0. The van der Waals surface area contributed by atoms with E-state index in [4.69, 9.17) is 5.73 Å². The lowest BCUT2D eigenvalue weighted by molar-refractivity contribution is -0.384. The molecule has 0 spiro atoms. The number of nitro groups is 1. The second kappa shape index (κ2) is 5.30. The maximum Gasteiger partial charge on any atom is 0.294 e. The SMILES string of the molecule is Nc1cn(-c2ccccc2[N+](=O)[O-])nc1-c1cc(Br)cs1. The highest BCUT2D eigenvalue weighted by Gasteiger charge is 2.18. The van der Waals surface area contributed by atoms with Crippen LogP contribution in [0.1, 0.15) is 0 Å². The minimum atomic E-state index is -0.436. The summed E-state index contributed by atoms with van der Waals surface area (Å²) in [7, 11) is 0. The number of thiophene rings is 1. The maximum atomic E-state index is 11.1. The van der Waals surface area contributed by atoms with E-state index in [-0.39, 0.29) is 5.69 Å². The summed E-state index contributed by atoms with van der Waals surface area (Å²) in [6.07, 6.45) is 1.59. The van der Waals surface area contributed by atoms with Gasteiger partial charge in [0.05, 0.1) is 21.7 Å². The summed E-state index contributed by atoms with van der Waals surface area (Å²) >= 11 is 4.88. The van der Waals surface area contributed by atoms with E-state index in [9.17, 15) is 10.1 Å². The van der Waals surface area contributed by atoms with Gasteiger partial charge in [0.15, 0.2) is 0 Å². The van der Waals surface area contributed by atoms with Crippen molar-refractivity contribution in [3.8, 4) is 16.3 Å². The molecule has 0 bridgehead atoms. The maximum absolute atomic E-state index is 11.1. The number of hydrogen-bond donors (Lipinski definition) is 1. The number of nitrogens with two attached hydrogens (primary N) is 1. The fourth-order valence-corrected chi connectivity index (χ4v) is 3.39. The smallest absolute Gasteiger partial charge is 0.294 e. The van der Waals surface area contributed by atoms with Gasteiger partial charge in [-0.15, -0.1) is 11.3 Å². The Hall–Kier alpha value is -2.19. The highest BCUT2D eigenvalue weighted by molar-refractivity contribution is 9.10. The second-order valence-electron chi connectivity index (χ2n) is 4.25. The van der Waals surface area contributed by atoms with Crippen LogP contribution in [0.4, 0.5) is 11.4 Å². The zero-order valence-corrected chi connectivity index (χ0v) is 13.0. The molecule has 0 aliphatic rings. The highest BCUT2D eigenvalue weighted by atomic mass is 79.9. The van der Waals surface area contributed by atoms with Crippen molar-refractivity contribution in [2.45, 2.75) is 0 Å². The number of hydrogen-bond acceptors (Lipinski definition) is 5. The Morgan fingerprint density at radius 3 is 2.81 bits per heavy atom. The van der Waals surface area contributed by atoms with Crippen LogP contribution in [0.2, 0.25) is 0 Å². The Labute approximate surface area is 132 Å². The van der Waals surface area contributed by atoms with E-state index in [0.29, 0.717) is 17.1 Å². The molecule has 0 aliphatic heterocycles. The molecule has 6 nitrogen and oxygen atoms in total. The summed E-state index contributed by atoms with van der Waals surface area (Å²) < 4.78 is 2.39. The number of rotatable bonds is 3. The lowest BCUT2D eigenvalue weighted by Gasteiger charge is -2.01. The molecule has 3 aromatic rings. The quantitative estimate of drug-likeness (QED) is 0.564. The summed E-state index contributed by atoms with van der Waals surface area (Å²) in [6, 6.07) is 8.33. The Morgan fingerprint density at radius 2 is 2.14 bits per heavy atom. The van der Waals surface area contributed by atoms with Gasteiger partial charge in [-0.1, -0.05) is 12.1 Å². The third-order valence-corrected chi connectivity index (χ3v) is 4.57. The van der Waals surface area contributed by atoms with E-state index in [0.717, 1.165) is 9.35 Å². The van der Waals surface area contributed by atoms with E-state index in [1.807, 2.05) is 11.4 Å². The highest BCUT2D eigenvalue weighted by Crippen LogP contribution is 2.33. The molecule has 1 aromatic carbocycles. The van der Waals surface area contributed by atoms with Crippen LogP contribution < -0.4 is 5.73 Å². The van der Waals surface area contributed by atoms with Gasteiger partial charge in [-0.25, -0.2) is 4.68 Å². The molecular formula is C13H9BrN4O2S. The molecule has 3 rings (SSSR count). The zero-order valence-electron chi connectivity index (χ0n) is 10.6. The predicted molar refractivity (Wildman–Crippen MR) is 85.6 cm³/mol. The molecule has 0 aliphatic carbocycles. The number of nitrogen functional groups attached to an aromatic ring is 1. The van der Waals surface area contributed by atoms with Crippen molar-refractivity contribution in [1.82, 2.24) is 9.78 Å². The minimum Gasteiger partial charge on any atom is -0.396 e. The van der Waals surface area contributed by atoms with Gasteiger partial charge in [0.1, 0.15) is 11.4 Å². The van der Waals surface area contributed by atoms with Crippen molar-refractivity contribution in [1.29, 1.82) is 0 Å². The molecule has 21 heavy (non-hydrogen) atoms. The molecule has 0 unspecified atom stereocenters. The van der Waals surface area contributed by atoms with Gasteiger partial charge in [-0.05, 0) is 28.1 Å². The Balaban J connectivity index is 2.12. The summed E-state index contributed by atoms with van der Waals surface area (Å²) in [6.45, 7) is 0. The van der Waals surface area contributed by atoms with Crippen molar-refractivity contribution in [3.05, 3.63) is 56.5 Å². The third kappa shape index (κ3) is 2.55. The Morgan fingerprint density at radius 1 is 1.38 bits per heavy atom. The lowest BCUT2D eigenvalue weighted by atomic mass is 10.3. The largest absolute Gasteiger partial charge is 0.396 e. The van der Waals surface area contributed by atoms with Gasteiger partial charge in [-0.2, -0.15) is 5.10 Å². The zero-order chi connectivity index (χ0) is 15.0. The van der Waals surface area contributed by atoms with Crippen molar-refractivity contribution < 1.29 is 4.92 Å². The number of anilines is 1. The van der Waals surface area contributed by atoms with Gasteiger partial charge in [-0.3, -0.25) is 10.1 Å². The number of benzene rings is 1. The van der Waals surface area contributed by atoms with Gasteiger partial charge < -0.3 is 5.73 Å². The topological polar surface area (TPSA) is 87.0 Å². The number of para-hydroxylation sites is 2. The van der Waals surface area contributed by atoms with Crippen LogP contribution in [0.5, 0.6) is 0 Å². The molecule has 0 saturated carbocycles. The molecule has 2 heterocycles. The van der Waals surface area contributed by atoms with E-state index < -0.39 is 4.92 Å². The van der Waals surface area contributed by atoms with E-state index in [1.165, 1.54) is 22.1 Å². The Kier molecular flexibility index (Phi) is 3.48. The molecule has 106 valence electrons. The van der Waals surface area contributed by atoms with Gasteiger partial charge in [0.2, 0.25) is 0 Å². The first-order chi connectivity index (χ1) is 10.1. The molecule has 0 fully saturated rings. The average molecular weight is 365 g/mol. The van der Waals surface area contributed by atoms with Crippen LogP contribution in [0.25, 0.3) is 16.3 Å². The molecular weight excluding hydrogens is 356 g/mol. The van der Waals surface area contributed by atoms with Crippen LogP contribution in [0.15, 0.2) is 46.4 Å². The molecule has 0 radical (unpaired) electrons. The second-order valence-corrected chi connectivity index (χ2v) is 6.08. The average Bonchev–Trinajstić information content (AvgIpc) is 3.04. The van der Waals surface area contributed by atoms with Crippen LogP contribution in [0.3, 0.4) is 0 Å². The predicted octanol–water partition coefficient (Wildman–Crippen LogP) is 3.85. The molecule has 2 N–H and O–H groups in total. The number of aromatic nitrogens is 2. The van der Waals surface area contributed by atoms with Crippen molar-refractivity contribution in [2.24, 2.45) is 0 Å². The fraction of sp³-hybridized carbons (Fsp3) is 0. The normalized spacial score (nSPS) is 10.7. The van der Waals surface area contributed by atoms with Crippen LogP contribution in [0, 0.1) is 10.1 Å². The summed E-state index contributed by atoms with van der Waals surface area (Å²) in [5.41, 5.74) is 7.44. The van der Waals surface area contributed by atoms with Crippen molar-refractivity contribution >= 4 is 38.6 Å². The van der Waals surface area contributed by atoms with E-state index in [2.05, 4.69) is 21.0 Å². The first-order valence-electron chi connectivity index (χ1n) is 5.89. The number of nitro benzene ring substituents is 1. The molecule has 0 atom stereocenters. The molecule has 0 amide bonds. The monoisotopic (exact) mass is 364 g/mol. The number of halogens is 1. The van der Waals surface area contributed by atoms with Gasteiger partial charge >= 0.3 is 0 Å². The standard InChI is InChI=1S/C13H9BrN4O2S/c14-8-5-12(21-7-8)13-9(15)6-17(16-13)10-3-1-2-4-11(10)18(19)20/h1-7H,15H2. The molecule has 2 aromatic heterocycles. The molecule has 0 saturated heterocycles. The fourth-order valence-electron chi connectivity index (χ4n) is 1.95. The first kappa shape index (κ1) is 13.8. The summed E-state index contributed by atoms with van der Waals surface area (Å²) in [5, 5.41) is 17.4. The van der Waals surface area contributed by atoms with Crippen LogP contribution >= 0.6 is 27.3 Å². The van der Waals surface area contributed by atoms with E-state index >= 15 is 0 Å². The first-order valence-corrected chi connectivity index (χ1v) is 7.57. The number of nitrogens with zero attached hydrogens (tertiary/aromatic N) is 3. The lowest BCUT2D eigenvalue weighted by Crippen LogP contribution is -2.00. The molecule has 8 heteroatoms. The van der Waals surface area contributed by atoms with Crippen molar-refractivity contribution in [3.63, 3.8) is 0 Å². The minimum absolute atomic E-state index is 0.0149. The Bertz CT molecular complexity index is 827. The van der Waals surface area contributed by atoms with E-state index in [1.54, 1.807) is 24.4 Å².